The molecule has 0 radical (unpaired) electrons. The van der Waals surface area contributed by atoms with Crippen molar-refractivity contribution in [3.8, 4) is 16.9 Å². The fourth-order valence-corrected chi connectivity index (χ4v) is 4.36. The Morgan fingerprint density at radius 3 is 2.68 bits per heavy atom. The van der Waals surface area contributed by atoms with Crippen LogP contribution in [0.3, 0.4) is 0 Å². The predicted octanol–water partition coefficient (Wildman–Crippen LogP) is 4.30. The normalized spacial score (nSPS) is 18.3. The van der Waals surface area contributed by atoms with Gasteiger partial charge in [0.25, 0.3) is 5.91 Å². The third kappa shape index (κ3) is 5.86. The Labute approximate surface area is 186 Å². The van der Waals surface area contributed by atoms with Crippen LogP contribution in [0.1, 0.15) is 38.7 Å². The number of carbonyl (C=O) groups is 1. The van der Waals surface area contributed by atoms with Gasteiger partial charge in [0.05, 0.1) is 7.11 Å². The molecule has 0 bridgehead atoms. The summed E-state index contributed by atoms with van der Waals surface area (Å²) in [5, 5.41) is 3.14. The van der Waals surface area contributed by atoms with E-state index in [0.717, 1.165) is 61.3 Å². The van der Waals surface area contributed by atoms with Crippen molar-refractivity contribution in [1.29, 1.82) is 0 Å². The predicted molar refractivity (Wildman–Crippen MR) is 125 cm³/mol. The smallest absolute Gasteiger partial charge is 0.252 e. The van der Waals surface area contributed by atoms with E-state index in [1.807, 2.05) is 24.3 Å². The molecule has 31 heavy (non-hydrogen) atoms. The van der Waals surface area contributed by atoms with Gasteiger partial charge in [0.1, 0.15) is 5.75 Å². The Morgan fingerprint density at radius 2 is 1.97 bits per heavy atom. The van der Waals surface area contributed by atoms with E-state index in [-0.39, 0.29) is 5.91 Å². The number of methoxy groups -OCH3 is 1. The summed E-state index contributed by atoms with van der Waals surface area (Å²) in [6, 6.07) is 16.4. The van der Waals surface area contributed by atoms with Gasteiger partial charge < -0.3 is 19.7 Å². The van der Waals surface area contributed by atoms with Crippen molar-refractivity contribution in [3.05, 3.63) is 54.1 Å². The molecular weight excluding hydrogens is 388 g/mol. The van der Waals surface area contributed by atoms with Crippen LogP contribution in [0.15, 0.2) is 48.5 Å². The molecule has 0 aliphatic carbocycles. The summed E-state index contributed by atoms with van der Waals surface area (Å²) in [5.74, 6) is 0.865. The molecule has 1 aliphatic heterocycles. The molecule has 168 valence electrons. The number of ether oxygens (including phenoxy) is 2. The summed E-state index contributed by atoms with van der Waals surface area (Å²) >= 11 is 0. The molecular formula is C26H36N2O3. The van der Waals surface area contributed by atoms with E-state index in [4.69, 9.17) is 9.47 Å². The Bertz CT molecular complexity index is 842. The number of amides is 1. The zero-order valence-electron chi connectivity index (χ0n) is 19.2. The van der Waals surface area contributed by atoms with Crippen molar-refractivity contribution in [1.82, 2.24) is 10.2 Å². The van der Waals surface area contributed by atoms with Gasteiger partial charge >= 0.3 is 0 Å². The number of hydrogen-bond donors (Lipinski definition) is 1. The molecule has 3 rings (SSSR count). The molecule has 5 nitrogen and oxygen atoms in total. The third-order valence-corrected chi connectivity index (χ3v) is 6.18. The molecule has 1 saturated heterocycles. The number of nitrogens with one attached hydrogen (secondary N) is 1. The summed E-state index contributed by atoms with van der Waals surface area (Å²) in [5.41, 5.74) is 2.47. The Morgan fingerprint density at radius 1 is 1.16 bits per heavy atom. The van der Waals surface area contributed by atoms with Gasteiger partial charge in [-0.3, -0.25) is 4.79 Å². The van der Waals surface area contributed by atoms with Gasteiger partial charge in [0.15, 0.2) is 5.60 Å². The Hall–Kier alpha value is -2.37. The molecule has 0 spiro atoms. The van der Waals surface area contributed by atoms with Gasteiger partial charge in [0.2, 0.25) is 0 Å². The average molecular weight is 425 g/mol. The van der Waals surface area contributed by atoms with Crippen LogP contribution in [0.4, 0.5) is 0 Å². The van der Waals surface area contributed by atoms with Crippen LogP contribution in [-0.4, -0.2) is 56.3 Å². The lowest BCUT2D eigenvalue weighted by atomic mass is 9.89. The fourth-order valence-electron chi connectivity index (χ4n) is 4.36. The molecule has 2 aromatic carbocycles. The van der Waals surface area contributed by atoms with Crippen molar-refractivity contribution < 1.29 is 14.3 Å². The molecule has 0 saturated carbocycles. The van der Waals surface area contributed by atoms with Crippen LogP contribution >= 0.6 is 0 Å². The van der Waals surface area contributed by atoms with E-state index < -0.39 is 5.60 Å². The second kappa shape index (κ2) is 11.3. The van der Waals surface area contributed by atoms with Crippen LogP contribution in [0.2, 0.25) is 0 Å². The second-order valence-electron chi connectivity index (χ2n) is 8.16. The second-order valence-corrected chi connectivity index (χ2v) is 8.16. The first-order valence-corrected chi connectivity index (χ1v) is 11.5. The third-order valence-electron chi connectivity index (χ3n) is 6.18. The summed E-state index contributed by atoms with van der Waals surface area (Å²) in [7, 11) is 1.69. The molecule has 1 heterocycles. The lowest BCUT2D eigenvalue weighted by molar-refractivity contribution is -0.141. The van der Waals surface area contributed by atoms with Crippen molar-refractivity contribution in [2.24, 2.45) is 0 Å². The van der Waals surface area contributed by atoms with E-state index in [9.17, 15) is 4.79 Å². The largest absolute Gasteiger partial charge is 0.496 e. The standard InChI is InChI=1S/C26H36N2O3/c1-4-28(5-2)17-10-16-27-25(29)26(15-9-18-31-26)20-21-11-8-12-22(19-21)23-13-6-7-14-24(23)30-3/h6-8,11-14,19H,4-5,9-10,15-18,20H2,1-3H3,(H,27,29). The van der Waals surface area contributed by atoms with Gasteiger partial charge in [0, 0.05) is 25.1 Å². The average Bonchev–Trinajstić information content (AvgIpc) is 3.29. The van der Waals surface area contributed by atoms with Gasteiger partial charge in [-0.2, -0.15) is 0 Å². The summed E-state index contributed by atoms with van der Waals surface area (Å²) in [6.07, 6.45) is 3.21. The van der Waals surface area contributed by atoms with Crippen molar-refractivity contribution >= 4 is 5.91 Å². The topological polar surface area (TPSA) is 50.8 Å². The van der Waals surface area contributed by atoms with Crippen LogP contribution in [0, 0.1) is 0 Å². The van der Waals surface area contributed by atoms with Crippen LogP contribution in [0.5, 0.6) is 5.75 Å². The maximum atomic E-state index is 13.1. The number of benzene rings is 2. The number of hydrogen-bond acceptors (Lipinski definition) is 4. The van der Waals surface area contributed by atoms with Gasteiger partial charge in [-0.15, -0.1) is 0 Å². The van der Waals surface area contributed by atoms with Gasteiger partial charge in [-0.05, 0) is 56.1 Å². The molecule has 1 atom stereocenters. The summed E-state index contributed by atoms with van der Waals surface area (Å²) in [4.78, 5) is 15.5. The zero-order chi connectivity index (χ0) is 22.1. The molecule has 0 aromatic heterocycles. The highest BCUT2D eigenvalue weighted by Gasteiger charge is 2.42. The monoisotopic (exact) mass is 424 g/mol. The quantitative estimate of drug-likeness (QED) is 0.547. The van der Waals surface area contributed by atoms with E-state index in [2.05, 4.69) is 48.3 Å². The van der Waals surface area contributed by atoms with Crippen LogP contribution in [-0.2, 0) is 16.0 Å². The SMILES string of the molecule is CCN(CC)CCCNC(=O)C1(Cc2cccc(-c3ccccc3OC)c2)CCCO1. The first-order valence-electron chi connectivity index (χ1n) is 11.5. The van der Waals surface area contributed by atoms with Crippen LogP contribution < -0.4 is 10.1 Å². The number of carbonyl (C=O) groups excluding carboxylic acids is 1. The highest BCUT2D eigenvalue weighted by atomic mass is 16.5. The zero-order valence-corrected chi connectivity index (χ0v) is 19.2. The minimum atomic E-state index is -0.769. The van der Waals surface area contributed by atoms with Gasteiger partial charge in [-0.1, -0.05) is 56.3 Å². The van der Waals surface area contributed by atoms with Gasteiger partial charge in [-0.25, -0.2) is 0 Å². The maximum Gasteiger partial charge on any atom is 0.252 e. The Balaban J connectivity index is 1.69. The van der Waals surface area contributed by atoms with Crippen molar-refractivity contribution in [3.63, 3.8) is 0 Å². The van der Waals surface area contributed by atoms with Crippen molar-refractivity contribution in [2.45, 2.75) is 45.1 Å². The molecule has 1 amide bonds. The fraction of sp³-hybridized carbons (Fsp3) is 0.500. The highest BCUT2D eigenvalue weighted by Crippen LogP contribution is 2.33. The molecule has 1 fully saturated rings. The summed E-state index contributed by atoms with van der Waals surface area (Å²) < 4.78 is 11.6. The minimum absolute atomic E-state index is 0.0206. The Kier molecular flexibility index (Phi) is 8.50. The van der Waals surface area contributed by atoms with Crippen molar-refractivity contribution in [2.75, 3.05) is 39.9 Å². The first-order chi connectivity index (χ1) is 15.1. The maximum absolute atomic E-state index is 13.1. The summed E-state index contributed by atoms with van der Waals surface area (Å²) in [6.45, 7) is 8.74. The molecule has 1 unspecified atom stereocenters. The molecule has 5 heteroatoms. The lowest BCUT2D eigenvalue weighted by Gasteiger charge is -2.28. The number of rotatable bonds is 11. The number of para-hydroxylation sites is 1. The van der Waals surface area contributed by atoms with E-state index >= 15 is 0 Å². The van der Waals surface area contributed by atoms with E-state index in [1.54, 1.807) is 7.11 Å². The lowest BCUT2D eigenvalue weighted by Crippen LogP contribution is -2.48. The highest BCUT2D eigenvalue weighted by molar-refractivity contribution is 5.86. The van der Waals surface area contributed by atoms with E-state index in [1.165, 1.54) is 0 Å². The first kappa shape index (κ1) is 23.3. The molecule has 1 N–H and O–H groups in total. The minimum Gasteiger partial charge on any atom is -0.496 e. The van der Waals surface area contributed by atoms with Crippen LogP contribution in [0.25, 0.3) is 11.1 Å². The molecule has 2 aromatic rings. The van der Waals surface area contributed by atoms with E-state index in [0.29, 0.717) is 19.6 Å². The molecule has 1 aliphatic rings. The number of nitrogens with zero attached hydrogens (tertiary/aromatic N) is 1.